The summed E-state index contributed by atoms with van der Waals surface area (Å²) in [5, 5.41) is 0. The molecule has 20 heavy (non-hydrogen) atoms. The Kier molecular flexibility index (Phi) is 2.90. The van der Waals surface area contributed by atoms with E-state index in [1.807, 2.05) is 24.3 Å². The van der Waals surface area contributed by atoms with Gasteiger partial charge in [0.2, 0.25) is 9.76 Å². The van der Waals surface area contributed by atoms with Crippen molar-refractivity contribution in [2.45, 2.75) is 0 Å². The number of hydrogen-bond acceptors (Lipinski definition) is 5. The predicted octanol–water partition coefficient (Wildman–Crippen LogP) is 4.00. The first kappa shape index (κ1) is 12.2. The fourth-order valence-electron chi connectivity index (χ4n) is 1.94. The zero-order valence-corrected chi connectivity index (χ0v) is 13.2. The Morgan fingerprint density at radius 3 is 2.90 bits per heavy atom. The highest BCUT2D eigenvalue weighted by Gasteiger charge is 2.07. The fraction of sp³-hybridized carbons (Fsp3) is 0. The van der Waals surface area contributed by atoms with Crippen LogP contribution in [0.3, 0.4) is 0 Å². The normalized spacial score (nSPS) is 12.6. The Balaban J connectivity index is 2.02. The molecule has 4 aromatic rings. The van der Waals surface area contributed by atoms with Gasteiger partial charge in [0.15, 0.2) is 5.82 Å². The van der Waals surface area contributed by atoms with E-state index in [-0.39, 0.29) is 0 Å². The third-order valence-electron chi connectivity index (χ3n) is 2.82. The zero-order chi connectivity index (χ0) is 13.5. The maximum Gasteiger partial charge on any atom is 0.216 e. The summed E-state index contributed by atoms with van der Waals surface area (Å²) in [4.78, 5) is 10.7. The van der Waals surface area contributed by atoms with Gasteiger partial charge in [-0.05, 0) is 40.2 Å². The first-order valence-electron chi connectivity index (χ1n) is 5.83. The second-order valence-electron chi connectivity index (χ2n) is 4.10. The van der Waals surface area contributed by atoms with Gasteiger partial charge < -0.3 is 0 Å². The van der Waals surface area contributed by atoms with Gasteiger partial charge >= 0.3 is 0 Å². The van der Waals surface area contributed by atoms with E-state index in [0.717, 1.165) is 19.8 Å². The Morgan fingerprint density at radius 1 is 1.15 bits per heavy atom. The van der Waals surface area contributed by atoms with E-state index in [0.29, 0.717) is 5.82 Å². The van der Waals surface area contributed by atoms with Crippen LogP contribution in [0.15, 0.2) is 52.1 Å². The molecule has 0 radical (unpaired) electrons. The number of fused-ring (bicyclic) bond motifs is 3. The van der Waals surface area contributed by atoms with E-state index in [1.165, 1.54) is 16.2 Å². The number of hydrogen-bond donors (Lipinski definition) is 0. The van der Waals surface area contributed by atoms with Gasteiger partial charge in [-0.2, -0.15) is 9.37 Å². The van der Waals surface area contributed by atoms with Crippen molar-refractivity contribution in [1.29, 1.82) is 0 Å². The number of nitrogens with zero attached hydrogens (tertiary/aromatic N) is 4. The van der Waals surface area contributed by atoms with Crippen molar-refractivity contribution in [1.82, 2.24) is 13.8 Å². The quantitative estimate of drug-likeness (QED) is 0.513. The van der Waals surface area contributed by atoms with Crippen LogP contribution >= 0.6 is 38.8 Å². The lowest BCUT2D eigenvalue weighted by Crippen LogP contribution is -2.04. The molecule has 0 aliphatic rings. The topological polar surface area (TPSA) is 42.5 Å². The largest absolute Gasteiger partial charge is 0.258 e. The van der Waals surface area contributed by atoms with Gasteiger partial charge in [0.05, 0.1) is 10.2 Å². The fourth-order valence-corrected chi connectivity index (χ4v) is 4.02. The molecule has 0 spiro atoms. The molecule has 98 valence electrons. The van der Waals surface area contributed by atoms with Crippen LogP contribution in [0.1, 0.15) is 0 Å². The zero-order valence-electron chi connectivity index (χ0n) is 10.0. The van der Waals surface area contributed by atoms with Crippen molar-refractivity contribution in [3.05, 3.63) is 51.9 Å². The predicted molar refractivity (Wildman–Crippen MR) is 85.6 cm³/mol. The van der Waals surface area contributed by atoms with Crippen molar-refractivity contribution in [3.63, 3.8) is 0 Å². The molecular formula is C13H7BrN4S2. The Hall–Kier alpha value is -1.57. The van der Waals surface area contributed by atoms with Crippen LogP contribution in [-0.2, 0) is 0 Å². The third kappa shape index (κ3) is 1.98. The van der Waals surface area contributed by atoms with Crippen molar-refractivity contribution < 1.29 is 0 Å². The van der Waals surface area contributed by atoms with Gasteiger partial charge in [0.1, 0.15) is 0 Å². The summed E-state index contributed by atoms with van der Waals surface area (Å²) in [5.74, 6) is 0.682. The summed E-state index contributed by atoms with van der Waals surface area (Å²) in [6, 6.07) is 12.1. The summed E-state index contributed by atoms with van der Waals surface area (Å²) in [7, 11) is 0. The molecule has 3 aromatic heterocycles. The van der Waals surface area contributed by atoms with Crippen molar-refractivity contribution >= 4 is 59.8 Å². The number of rotatable bonds is 1. The highest BCUT2D eigenvalue weighted by Crippen LogP contribution is 2.24. The minimum Gasteiger partial charge on any atom is -0.258 e. The molecule has 0 fully saturated rings. The van der Waals surface area contributed by atoms with Crippen LogP contribution in [0.4, 0.5) is 5.82 Å². The lowest BCUT2D eigenvalue weighted by Gasteiger charge is -1.92. The van der Waals surface area contributed by atoms with Gasteiger partial charge in [-0.1, -0.05) is 23.5 Å². The highest BCUT2D eigenvalue weighted by molar-refractivity contribution is 9.10. The molecule has 0 saturated carbocycles. The second kappa shape index (κ2) is 4.76. The van der Waals surface area contributed by atoms with E-state index < -0.39 is 0 Å². The van der Waals surface area contributed by atoms with Gasteiger partial charge in [-0.15, -0.1) is 0 Å². The standard InChI is InChI=1S/C13H7BrN4S2/c14-8-5-6-11(15-7-8)16-12-18-9-3-1-2-4-10(9)19-13(18)17-20-12/h1-7H. The molecule has 4 nitrogen and oxygen atoms in total. The summed E-state index contributed by atoms with van der Waals surface area (Å²) in [6.45, 7) is 0. The van der Waals surface area contributed by atoms with E-state index in [2.05, 4.69) is 46.8 Å². The molecule has 0 unspecified atom stereocenters. The molecule has 4 rings (SSSR count). The van der Waals surface area contributed by atoms with E-state index in [9.17, 15) is 0 Å². The van der Waals surface area contributed by atoms with Crippen molar-refractivity contribution in [2.75, 3.05) is 0 Å². The van der Waals surface area contributed by atoms with E-state index >= 15 is 0 Å². The first-order chi connectivity index (χ1) is 9.81. The average Bonchev–Trinajstić information content (AvgIpc) is 3.01. The summed E-state index contributed by atoms with van der Waals surface area (Å²) in [6.07, 6.45) is 1.74. The first-order valence-corrected chi connectivity index (χ1v) is 8.22. The van der Waals surface area contributed by atoms with Crippen LogP contribution in [0.5, 0.6) is 0 Å². The monoisotopic (exact) mass is 362 g/mol. The Labute approximate surface area is 130 Å². The summed E-state index contributed by atoms with van der Waals surface area (Å²) in [5.41, 5.74) is 1.14. The number of aromatic nitrogens is 3. The molecule has 0 bridgehead atoms. The van der Waals surface area contributed by atoms with Crippen LogP contribution in [0.25, 0.3) is 15.2 Å². The smallest absolute Gasteiger partial charge is 0.216 e. The molecule has 0 saturated heterocycles. The van der Waals surface area contributed by atoms with Gasteiger partial charge in [-0.25, -0.2) is 4.98 Å². The summed E-state index contributed by atoms with van der Waals surface area (Å²) >= 11 is 6.43. The van der Waals surface area contributed by atoms with E-state index in [4.69, 9.17) is 0 Å². The molecule has 0 aliphatic carbocycles. The minimum absolute atomic E-state index is 0.682. The molecule has 0 amide bonds. The number of benzene rings is 1. The van der Waals surface area contributed by atoms with Crippen LogP contribution in [0, 0.1) is 0 Å². The van der Waals surface area contributed by atoms with Crippen LogP contribution in [-0.4, -0.2) is 13.8 Å². The number of halogens is 1. The molecule has 0 aliphatic heterocycles. The Bertz CT molecular complexity index is 965. The number of para-hydroxylation sites is 1. The average molecular weight is 363 g/mol. The third-order valence-corrected chi connectivity index (χ3v) is 5.12. The van der Waals surface area contributed by atoms with Crippen molar-refractivity contribution in [2.24, 2.45) is 4.99 Å². The van der Waals surface area contributed by atoms with Crippen LogP contribution < -0.4 is 4.80 Å². The molecular weight excluding hydrogens is 356 g/mol. The molecule has 7 heteroatoms. The lowest BCUT2D eigenvalue weighted by molar-refractivity contribution is 1.13. The number of pyridine rings is 1. The highest BCUT2D eigenvalue weighted by atomic mass is 79.9. The number of thiazole rings is 1. The van der Waals surface area contributed by atoms with Gasteiger partial charge in [-0.3, -0.25) is 4.40 Å². The SMILES string of the molecule is Brc1ccc(N=c2snc3sc4ccccc4n23)nc1. The maximum atomic E-state index is 4.59. The molecule has 0 N–H and O–H groups in total. The lowest BCUT2D eigenvalue weighted by atomic mass is 10.3. The van der Waals surface area contributed by atoms with Crippen LogP contribution in [0.2, 0.25) is 0 Å². The molecule has 3 heterocycles. The maximum absolute atomic E-state index is 4.59. The molecule has 0 atom stereocenters. The van der Waals surface area contributed by atoms with Gasteiger partial charge in [0.25, 0.3) is 0 Å². The minimum atomic E-state index is 0.682. The Morgan fingerprint density at radius 2 is 2.05 bits per heavy atom. The van der Waals surface area contributed by atoms with Crippen molar-refractivity contribution in [3.8, 4) is 0 Å². The molecule has 1 aromatic carbocycles. The summed E-state index contributed by atoms with van der Waals surface area (Å²) < 4.78 is 8.69. The van der Waals surface area contributed by atoms with Gasteiger partial charge in [0, 0.05) is 22.2 Å². The second-order valence-corrected chi connectivity index (χ2v) is 6.75. The van der Waals surface area contributed by atoms with E-state index in [1.54, 1.807) is 17.5 Å².